The van der Waals surface area contributed by atoms with Crippen molar-refractivity contribution in [3.05, 3.63) is 29.8 Å². The number of terminal acetylenes is 1. The van der Waals surface area contributed by atoms with Crippen LogP contribution in [0.3, 0.4) is 0 Å². The maximum absolute atomic E-state index is 11.6. The number of hydrogen-bond donors (Lipinski definition) is 3. The Labute approximate surface area is 106 Å². The van der Waals surface area contributed by atoms with Gasteiger partial charge in [0.1, 0.15) is 0 Å². The second-order valence-corrected chi connectivity index (χ2v) is 3.66. The number of nitrogens with one attached hydrogen (secondary N) is 2. The van der Waals surface area contributed by atoms with Crippen LogP contribution in [0.1, 0.15) is 16.8 Å². The van der Waals surface area contributed by atoms with Gasteiger partial charge in [-0.1, -0.05) is 0 Å². The molecule has 5 nitrogen and oxygen atoms in total. The van der Waals surface area contributed by atoms with Gasteiger partial charge in [0.2, 0.25) is 5.91 Å². The van der Waals surface area contributed by atoms with Gasteiger partial charge in [-0.05, 0) is 24.3 Å². The molecule has 0 aliphatic carbocycles. The molecule has 0 saturated carbocycles. The maximum atomic E-state index is 11.6. The molecule has 2 amide bonds. The molecular formula is C13H15N3O2. The van der Waals surface area contributed by atoms with Crippen molar-refractivity contribution in [2.45, 2.75) is 12.5 Å². The van der Waals surface area contributed by atoms with E-state index in [4.69, 9.17) is 12.2 Å². The van der Waals surface area contributed by atoms with Crippen molar-refractivity contribution in [3.63, 3.8) is 0 Å². The molecule has 0 saturated heterocycles. The van der Waals surface area contributed by atoms with Crippen molar-refractivity contribution in [2.75, 3.05) is 12.4 Å². The maximum Gasteiger partial charge on any atom is 0.251 e. The molecular weight excluding hydrogens is 230 g/mol. The molecule has 0 fully saturated rings. The highest BCUT2D eigenvalue weighted by molar-refractivity contribution is 5.97. The molecule has 18 heavy (non-hydrogen) atoms. The lowest BCUT2D eigenvalue weighted by molar-refractivity contribution is -0.117. The minimum atomic E-state index is -0.728. The Morgan fingerprint density at radius 2 is 2.00 bits per heavy atom. The number of benzene rings is 1. The topological polar surface area (TPSA) is 84.2 Å². The zero-order valence-corrected chi connectivity index (χ0v) is 10.1. The third-order valence-electron chi connectivity index (χ3n) is 2.32. The molecule has 0 heterocycles. The van der Waals surface area contributed by atoms with E-state index < -0.39 is 6.04 Å². The highest BCUT2D eigenvalue weighted by atomic mass is 16.2. The summed E-state index contributed by atoms with van der Waals surface area (Å²) in [6.07, 6.45) is 5.26. The van der Waals surface area contributed by atoms with Gasteiger partial charge in [0.15, 0.2) is 0 Å². The molecule has 0 radical (unpaired) electrons. The molecule has 0 aromatic heterocycles. The summed E-state index contributed by atoms with van der Waals surface area (Å²) in [4.78, 5) is 22.9. The number of nitrogens with two attached hydrogens (primary N) is 1. The number of anilines is 1. The summed E-state index contributed by atoms with van der Waals surface area (Å²) in [6, 6.07) is 5.76. The third-order valence-corrected chi connectivity index (χ3v) is 2.32. The fourth-order valence-electron chi connectivity index (χ4n) is 1.30. The molecule has 4 N–H and O–H groups in total. The number of carbonyl (C=O) groups is 2. The normalized spacial score (nSPS) is 11.2. The Balaban J connectivity index is 2.67. The Bertz CT molecular complexity index is 474. The van der Waals surface area contributed by atoms with Crippen molar-refractivity contribution in [3.8, 4) is 12.3 Å². The van der Waals surface area contributed by atoms with Gasteiger partial charge >= 0.3 is 0 Å². The Kier molecular flexibility index (Phi) is 4.90. The quantitative estimate of drug-likeness (QED) is 0.669. The fraction of sp³-hybridized carbons (Fsp3) is 0.231. The summed E-state index contributed by atoms with van der Waals surface area (Å²) in [5.74, 6) is 1.80. The fourth-order valence-corrected chi connectivity index (χ4v) is 1.30. The summed E-state index contributed by atoms with van der Waals surface area (Å²) in [5, 5.41) is 5.13. The van der Waals surface area contributed by atoms with Gasteiger partial charge in [-0.25, -0.2) is 0 Å². The molecule has 0 aliphatic heterocycles. The first-order valence-corrected chi connectivity index (χ1v) is 5.40. The Hall–Kier alpha value is -2.32. The predicted molar refractivity (Wildman–Crippen MR) is 69.9 cm³/mol. The first-order chi connectivity index (χ1) is 8.58. The third kappa shape index (κ3) is 3.61. The number of rotatable bonds is 4. The second-order valence-electron chi connectivity index (χ2n) is 3.66. The zero-order chi connectivity index (χ0) is 13.5. The van der Waals surface area contributed by atoms with Crippen LogP contribution in [0.5, 0.6) is 0 Å². The first kappa shape index (κ1) is 13.7. The van der Waals surface area contributed by atoms with Crippen LogP contribution in [0.25, 0.3) is 0 Å². The Morgan fingerprint density at radius 3 is 2.50 bits per heavy atom. The summed E-state index contributed by atoms with van der Waals surface area (Å²) >= 11 is 0. The first-order valence-electron chi connectivity index (χ1n) is 5.40. The molecule has 0 spiro atoms. The highest BCUT2D eigenvalue weighted by Crippen LogP contribution is 2.10. The van der Waals surface area contributed by atoms with Crippen LogP contribution in [-0.2, 0) is 4.79 Å². The van der Waals surface area contributed by atoms with Crippen molar-refractivity contribution in [2.24, 2.45) is 5.73 Å². The summed E-state index contributed by atoms with van der Waals surface area (Å²) < 4.78 is 0. The van der Waals surface area contributed by atoms with E-state index in [-0.39, 0.29) is 18.2 Å². The smallest absolute Gasteiger partial charge is 0.251 e. The van der Waals surface area contributed by atoms with E-state index in [9.17, 15) is 9.59 Å². The molecule has 0 bridgehead atoms. The van der Waals surface area contributed by atoms with Crippen LogP contribution in [0.15, 0.2) is 24.3 Å². The van der Waals surface area contributed by atoms with Gasteiger partial charge in [0.25, 0.3) is 5.91 Å². The van der Waals surface area contributed by atoms with Gasteiger partial charge < -0.3 is 16.4 Å². The van der Waals surface area contributed by atoms with E-state index in [1.165, 1.54) is 0 Å². The van der Waals surface area contributed by atoms with Crippen LogP contribution in [0, 0.1) is 12.3 Å². The standard InChI is InChI=1S/C13H15N3O2/c1-3-4-11(14)13(18)16-10-7-5-9(6-8-10)12(17)15-2/h1,5-8,11H,4,14H2,2H3,(H,15,17)(H,16,18). The molecule has 94 valence electrons. The SMILES string of the molecule is C#CCC(N)C(=O)Nc1ccc(C(=O)NC)cc1. The van der Waals surface area contributed by atoms with Gasteiger partial charge in [-0.2, -0.15) is 0 Å². The average Bonchev–Trinajstić information content (AvgIpc) is 2.39. The van der Waals surface area contributed by atoms with Gasteiger partial charge in [0.05, 0.1) is 6.04 Å². The van der Waals surface area contributed by atoms with E-state index in [0.29, 0.717) is 11.3 Å². The van der Waals surface area contributed by atoms with Crippen molar-refractivity contribution >= 4 is 17.5 Å². The zero-order valence-electron chi connectivity index (χ0n) is 10.1. The van der Waals surface area contributed by atoms with Crippen molar-refractivity contribution < 1.29 is 9.59 Å². The molecule has 1 aromatic rings. The monoisotopic (exact) mass is 245 g/mol. The lowest BCUT2D eigenvalue weighted by Crippen LogP contribution is -2.35. The van der Waals surface area contributed by atoms with Gasteiger partial charge in [-0.15, -0.1) is 12.3 Å². The van der Waals surface area contributed by atoms with E-state index in [1.54, 1.807) is 31.3 Å². The molecule has 1 aromatic carbocycles. The van der Waals surface area contributed by atoms with Crippen LogP contribution < -0.4 is 16.4 Å². The number of carbonyl (C=O) groups excluding carboxylic acids is 2. The van der Waals surface area contributed by atoms with Crippen LogP contribution >= 0.6 is 0 Å². The number of amides is 2. The lowest BCUT2D eigenvalue weighted by atomic mass is 10.1. The lowest BCUT2D eigenvalue weighted by Gasteiger charge is -2.10. The van der Waals surface area contributed by atoms with E-state index >= 15 is 0 Å². The van der Waals surface area contributed by atoms with Crippen LogP contribution in [-0.4, -0.2) is 24.9 Å². The van der Waals surface area contributed by atoms with Crippen molar-refractivity contribution in [1.82, 2.24) is 5.32 Å². The van der Waals surface area contributed by atoms with Gasteiger partial charge in [0, 0.05) is 24.7 Å². The van der Waals surface area contributed by atoms with Crippen LogP contribution in [0.4, 0.5) is 5.69 Å². The molecule has 5 heteroatoms. The molecule has 0 aliphatic rings. The summed E-state index contributed by atoms with van der Waals surface area (Å²) in [6.45, 7) is 0. The Morgan fingerprint density at radius 1 is 1.39 bits per heavy atom. The largest absolute Gasteiger partial charge is 0.355 e. The number of hydrogen-bond acceptors (Lipinski definition) is 3. The minimum absolute atomic E-state index is 0.183. The predicted octanol–water partition coefficient (Wildman–Crippen LogP) is 0.335. The molecule has 1 unspecified atom stereocenters. The van der Waals surface area contributed by atoms with Crippen molar-refractivity contribution in [1.29, 1.82) is 0 Å². The highest BCUT2D eigenvalue weighted by Gasteiger charge is 2.12. The van der Waals surface area contributed by atoms with E-state index in [1.807, 2.05) is 0 Å². The van der Waals surface area contributed by atoms with E-state index in [2.05, 4.69) is 16.6 Å². The second kappa shape index (κ2) is 6.42. The molecule has 1 atom stereocenters. The minimum Gasteiger partial charge on any atom is -0.355 e. The molecule has 1 rings (SSSR count). The van der Waals surface area contributed by atoms with Crippen LogP contribution in [0.2, 0.25) is 0 Å². The summed E-state index contributed by atoms with van der Waals surface area (Å²) in [7, 11) is 1.55. The summed E-state index contributed by atoms with van der Waals surface area (Å²) in [5.41, 5.74) is 6.64. The van der Waals surface area contributed by atoms with E-state index in [0.717, 1.165) is 0 Å². The average molecular weight is 245 g/mol. The van der Waals surface area contributed by atoms with Gasteiger partial charge in [-0.3, -0.25) is 9.59 Å².